The van der Waals surface area contributed by atoms with Gasteiger partial charge in [0, 0.05) is 18.1 Å². The van der Waals surface area contributed by atoms with Crippen LogP contribution in [-0.4, -0.2) is 17.5 Å². The second-order valence-electron chi connectivity index (χ2n) is 6.24. The molecule has 0 aliphatic carbocycles. The van der Waals surface area contributed by atoms with Gasteiger partial charge in [0.05, 0.1) is 0 Å². The lowest BCUT2D eigenvalue weighted by molar-refractivity contribution is -0.109. The van der Waals surface area contributed by atoms with Gasteiger partial charge in [-0.05, 0) is 53.6 Å². The number of amides is 2. The van der Waals surface area contributed by atoms with Crippen molar-refractivity contribution in [3.8, 4) is 0 Å². The Morgan fingerprint density at radius 1 is 1.15 bits per heavy atom. The predicted molar refractivity (Wildman–Crippen MR) is 104 cm³/mol. The highest BCUT2D eigenvalue weighted by Crippen LogP contribution is 2.29. The van der Waals surface area contributed by atoms with Gasteiger partial charge in [-0.25, -0.2) is 9.78 Å². The highest BCUT2D eigenvalue weighted by Gasteiger charge is 2.13. The minimum atomic E-state index is -0.555. The quantitative estimate of drug-likeness (QED) is 0.652. The second kappa shape index (κ2) is 8.31. The molecule has 3 aromatic rings. The van der Waals surface area contributed by atoms with Crippen LogP contribution in [-0.2, 0) is 22.7 Å². The van der Waals surface area contributed by atoms with Crippen molar-refractivity contribution < 1.29 is 14.3 Å². The van der Waals surface area contributed by atoms with E-state index < -0.39 is 6.09 Å². The van der Waals surface area contributed by atoms with E-state index in [1.54, 1.807) is 6.20 Å². The third-order valence-corrected chi connectivity index (χ3v) is 4.48. The van der Waals surface area contributed by atoms with Crippen molar-refractivity contribution in [2.75, 3.05) is 5.32 Å². The number of anilines is 1. The third-order valence-electron chi connectivity index (χ3n) is 4.48. The summed E-state index contributed by atoms with van der Waals surface area (Å²) in [5, 5.41) is 7.23. The van der Waals surface area contributed by atoms with Gasteiger partial charge in [0.1, 0.15) is 12.4 Å². The molecule has 27 heavy (non-hydrogen) atoms. The highest BCUT2D eigenvalue weighted by atomic mass is 16.5. The Morgan fingerprint density at radius 3 is 2.67 bits per heavy atom. The first kappa shape index (κ1) is 18.4. The molecule has 0 aliphatic heterocycles. The summed E-state index contributed by atoms with van der Waals surface area (Å²) >= 11 is 0. The average Bonchev–Trinajstić information content (AvgIpc) is 2.68. The average molecular weight is 363 g/mol. The first-order chi connectivity index (χ1) is 13.1. The molecule has 2 aromatic carbocycles. The predicted octanol–water partition coefficient (Wildman–Crippen LogP) is 3.85. The molecule has 0 bridgehead atoms. The number of ether oxygens (including phenoxy) is 1. The van der Waals surface area contributed by atoms with Crippen LogP contribution in [0.5, 0.6) is 0 Å². The number of hydrogen-bond acceptors (Lipinski definition) is 4. The number of nitrogens with one attached hydrogen (secondary N) is 2. The maximum atomic E-state index is 12.2. The summed E-state index contributed by atoms with van der Waals surface area (Å²) in [5.74, 6) is 0.451. The second-order valence-corrected chi connectivity index (χ2v) is 6.24. The molecule has 2 N–H and O–H groups in total. The van der Waals surface area contributed by atoms with Gasteiger partial charge in [-0.1, -0.05) is 30.3 Å². The number of aromatic nitrogens is 1. The fourth-order valence-electron chi connectivity index (χ4n) is 3.08. The van der Waals surface area contributed by atoms with Gasteiger partial charge in [-0.15, -0.1) is 0 Å². The van der Waals surface area contributed by atoms with Crippen LogP contribution < -0.4 is 10.6 Å². The van der Waals surface area contributed by atoms with E-state index in [-0.39, 0.29) is 6.61 Å². The number of carbonyl (C=O) groups excluding carboxylic acids is 2. The van der Waals surface area contributed by atoms with E-state index in [1.165, 1.54) is 0 Å². The molecule has 2 amide bonds. The van der Waals surface area contributed by atoms with E-state index >= 15 is 0 Å². The summed E-state index contributed by atoms with van der Waals surface area (Å²) in [5.41, 5.74) is 4.03. The van der Waals surface area contributed by atoms with Crippen molar-refractivity contribution >= 4 is 29.1 Å². The van der Waals surface area contributed by atoms with E-state index in [0.717, 1.165) is 33.0 Å². The molecule has 3 rings (SSSR count). The topological polar surface area (TPSA) is 80.3 Å². The Bertz CT molecular complexity index is 971. The molecule has 0 saturated carbocycles. The van der Waals surface area contributed by atoms with Crippen molar-refractivity contribution in [2.45, 2.75) is 27.0 Å². The lowest BCUT2D eigenvalue weighted by atomic mass is 9.96. The largest absolute Gasteiger partial charge is 0.444 e. The standard InChI is InChI=1S/C21H21N3O3/c1-14-10-18-17(15(2)19(14)11-22-13-25)8-9-23-20(18)24-21(26)27-12-16-6-4-3-5-7-16/h3-10,13H,11-12H2,1-2H3,(H,22,25)(H,23,24,26). The van der Waals surface area contributed by atoms with Crippen molar-refractivity contribution in [3.05, 3.63) is 70.9 Å². The molecular formula is C21H21N3O3. The van der Waals surface area contributed by atoms with Crippen molar-refractivity contribution in [1.29, 1.82) is 0 Å². The summed E-state index contributed by atoms with van der Waals surface area (Å²) < 4.78 is 5.28. The van der Waals surface area contributed by atoms with Gasteiger partial charge in [0.2, 0.25) is 6.41 Å². The summed E-state index contributed by atoms with van der Waals surface area (Å²) in [6.45, 7) is 4.62. The lowest BCUT2D eigenvalue weighted by Gasteiger charge is -2.15. The summed E-state index contributed by atoms with van der Waals surface area (Å²) in [6, 6.07) is 13.3. The summed E-state index contributed by atoms with van der Waals surface area (Å²) in [7, 11) is 0. The van der Waals surface area contributed by atoms with Crippen LogP contribution in [0, 0.1) is 13.8 Å². The minimum absolute atomic E-state index is 0.191. The maximum Gasteiger partial charge on any atom is 0.413 e. The normalized spacial score (nSPS) is 10.4. The first-order valence-electron chi connectivity index (χ1n) is 8.62. The summed E-state index contributed by atoms with van der Waals surface area (Å²) in [4.78, 5) is 27.1. The van der Waals surface area contributed by atoms with Gasteiger partial charge in [-0.3, -0.25) is 10.1 Å². The van der Waals surface area contributed by atoms with Crippen LogP contribution in [0.3, 0.4) is 0 Å². The van der Waals surface area contributed by atoms with Gasteiger partial charge in [0.25, 0.3) is 0 Å². The van der Waals surface area contributed by atoms with Crippen LogP contribution in [0.4, 0.5) is 10.6 Å². The highest BCUT2D eigenvalue weighted by molar-refractivity contribution is 6.00. The molecule has 0 atom stereocenters. The summed E-state index contributed by atoms with van der Waals surface area (Å²) in [6.07, 6.45) is 1.78. The van der Waals surface area contributed by atoms with Gasteiger partial charge >= 0.3 is 6.09 Å². The number of rotatable bonds is 6. The zero-order valence-electron chi connectivity index (χ0n) is 15.3. The van der Waals surface area contributed by atoms with Gasteiger partial charge in [0.15, 0.2) is 0 Å². The molecular weight excluding hydrogens is 342 g/mol. The smallest absolute Gasteiger partial charge is 0.413 e. The number of carbonyl (C=O) groups is 2. The number of nitrogens with zero attached hydrogens (tertiary/aromatic N) is 1. The number of aryl methyl sites for hydroxylation is 2. The first-order valence-corrected chi connectivity index (χ1v) is 8.62. The molecule has 6 heteroatoms. The fourth-order valence-corrected chi connectivity index (χ4v) is 3.08. The van der Waals surface area contributed by atoms with Crippen molar-refractivity contribution in [3.63, 3.8) is 0 Å². The van der Waals surface area contributed by atoms with Gasteiger partial charge in [-0.2, -0.15) is 0 Å². The number of pyridine rings is 1. The molecule has 0 spiro atoms. The third kappa shape index (κ3) is 4.23. The molecule has 0 aliphatic rings. The molecule has 6 nitrogen and oxygen atoms in total. The minimum Gasteiger partial charge on any atom is -0.444 e. The van der Waals surface area contributed by atoms with E-state index in [1.807, 2.05) is 56.3 Å². The van der Waals surface area contributed by atoms with Crippen LogP contribution in [0.2, 0.25) is 0 Å². The van der Waals surface area contributed by atoms with E-state index in [2.05, 4.69) is 15.6 Å². The molecule has 0 radical (unpaired) electrons. The Kier molecular flexibility index (Phi) is 5.66. The number of benzene rings is 2. The lowest BCUT2D eigenvalue weighted by Crippen LogP contribution is -2.15. The van der Waals surface area contributed by atoms with Crippen LogP contribution in [0.15, 0.2) is 48.7 Å². The van der Waals surface area contributed by atoms with Crippen molar-refractivity contribution in [1.82, 2.24) is 10.3 Å². The molecule has 1 heterocycles. The Hall–Kier alpha value is -3.41. The SMILES string of the molecule is Cc1cc2c(NC(=O)OCc3ccccc3)nccc2c(C)c1CNC=O. The zero-order valence-corrected chi connectivity index (χ0v) is 15.3. The molecule has 0 fully saturated rings. The Labute approximate surface area is 157 Å². The number of fused-ring (bicyclic) bond motifs is 1. The van der Waals surface area contributed by atoms with E-state index in [4.69, 9.17) is 4.74 Å². The monoisotopic (exact) mass is 363 g/mol. The van der Waals surface area contributed by atoms with Crippen molar-refractivity contribution in [2.24, 2.45) is 0 Å². The molecule has 1 aromatic heterocycles. The molecule has 0 saturated heterocycles. The van der Waals surface area contributed by atoms with Crippen LogP contribution in [0.25, 0.3) is 10.8 Å². The van der Waals surface area contributed by atoms with E-state index in [0.29, 0.717) is 18.8 Å². The van der Waals surface area contributed by atoms with E-state index in [9.17, 15) is 9.59 Å². The maximum absolute atomic E-state index is 12.2. The number of hydrogen-bond donors (Lipinski definition) is 2. The van der Waals surface area contributed by atoms with Crippen LogP contribution >= 0.6 is 0 Å². The molecule has 138 valence electrons. The zero-order chi connectivity index (χ0) is 19.2. The van der Waals surface area contributed by atoms with Gasteiger partial charge < -0.3 is 10.1 Å². The Balaban J connectivity index is 1.82. The molecule has 0 unspecified atom stereocenters. The fraction of sp³-hybridized carbons (Fsp3) is 0.190. The van der Waals surface area contributed by atoms with Crippen LogP contribution in [0.1, 0.15) is 22.3 Å². The Morgan fingerprint density at radius 2 is 1.93 bits per heavy atom.